The summed E-state index contributed by atoms with van der Waals surface area (Å²) in [5.74, 6) is -2.46. The van der Waals surface area contributed by atoms with Gasteiger partial charge in [0.2, 0.25) is 5.91 Å². The molecule has 4 nitrogen and oxygen atoms in total. The molecule has 0 saturated carbocycles. The highest BCUT2D eigenvalue weighted by molar-refractivity contribution is 6.37. The number of carbonyl (C=O) groups is 2. The third-order valence-electron chi connectivity index (χ3n) is 3.16. The first-order valence-corrected chi connectivity index (χ1v) is 7.69. The smallest absolute Gasteiger partial charge is 0.325 e. The van der Waals surface area contributed by atoms with Crippen molar-refractivity contribution in [1.29, 1.82) is 0 Å². The number of anilines is 2. The molecule has 0 aromatic heterocycles. The summed E-state index contributed by atoms with van der Waals surface area (Å²) in [6.07, 6.45) is -4.67. The van der Waals surface area contributed by atoms with E-state index in [0.29, 0.717) is 6.07 Å². The quantitative estimate of drug-likeness (QED) is 0.530. The van der Waals surface area contributed by atoms with Crippen LogP contribution in [0.25, 0.3) is 0 Å². The number of benzene rings is 2. The molecule has 26 heavy (non-hydrogen) atoms. The SMILES string of the molecule is CC(=O)Nc1ccc(C(F)(F)F)cc1NC(=O)c1cc(F)c(Cl)cc1Cl. The summed E-state index contributed by atoms with van der Waals surface area (Å²) in [7, 11) is 0. The zero-order chi connectivity index (χ0) is 19.6. The third-order valence-corrected chi connectivity index (χ3v) is 3.76. The van der Waals surface area contributed by atoms with Crippen LogP contribution < -0.4 is 10.6 Å². The molecule has 0 unspecified atom stereocenters. The Balaban J connectivity index is 2.44. The Labute approximate surface area is 155 Å². The average Bonchev–Trinajstić information content (AvgIpc) is 2.51. The number of halogens is 6. The fourth-order valence-corrected chi connectivity index (χ4v) is 2.48. The normalized spacial score (nSPS) is 11.2. The first-order chi connectivity index (χ1) is 12.0. The van der Waals surface area contributed by atoms with Crippen LogP contribution in [0.1, 0.15) is 22.8 Å². The van der Waals surface area contributed by atoms with Crippen molar-refractivity contribution in [2.24, 2.45) is 0 Å². The standard InChI is InChI=1S/C16H10Cl2F4N2O2/c1-7(25)23-13-3-2-8(16(20,21)22)4-14(13)24-15(26)9-5-12(19)11(18)6-10(9)17/h2-6H,1H3,(H,23,25)(H,24,26). The van der Waals surface area contributed by atoms with Gasteiger partial charge in [-0.3, -0.25) is 9.59 Å². The van der Waals surface area contributed by atoms with Crippen LogP contribution in [0.5, 0.6) is 0 Å². The molecule has 0 saturated heterocycles. The van der Waals surface area contributed by atoms with Gasteiger partial charge in [-0.2, -0.15) is 13.2 Å². The molecule has 10 heteroatoms. The van der Waals surface area contributed by atoms with Gasteiger partial charge in [-0.05, 0) is 30.3 Å². The monoisotopic (exact) mass is 408 g/mol. The van der Waals surface area contributed by atoms with E-state index in [1.807, 2.05) is 0 Å². The Morgan fingerprint density at radius 1 is 0.962 bits per heavy atom. The molecule has 0 radical (unpaired) electrons. The van der Waals surface area contributed by atoms with Gasteiger partial charge in [-0.15, -0.1) is 0 Å². The third kappa shape index (κ3) is 4.64. The van der Waals surface area contributed by atoms with E-state index < -0.39 is 29.4 Å². The highest BCUT2D eigenvalue weighted by Gasteiger charge is 2.31. The summed E-state index contributed by atoms with van der Waals surface area (Å²) < 4.78 is 52.2. The number of rotatable bonds is 3. The largest absolute Gasteiger partial charge is 0.416 e. The zero-order valence-corrected chi connectivity index (χ0v) is 14.5. The Morgan fingerprint density at radius 2 is 1.62 bits per heavy atom. The molecule has 0 atom stereocenters. The summed E-state index contributed by atoms with van der Waals surface area (Å²) in [6, 6.07) is 4.13. The number of carbonyl (C=O) groups excluding carboxylic acids is 2. The Hall–Kier alpha value is -2.32. The second-order valence-electron chi connectivity index (χ2n) is 5.14. The van der Waals surface area contributed by atoms with Crippen molar-refractivity contribution in [3.63, 3.8) is 0 Å². The van der Waals surface area contributed by atoms with Crippen molar-refractivity contribution in [1.82, 2.24) is 0 Å². The van der Waals surface area contributed by atoms with Gasteiger partial charge in [0.15, 0.2) is 0 Å². The molecule has 2 rings (SSSR count). The maximum atomic E-state index is 13.6. The number of alkyl halides is 3. The lowest BCUT2D eigenvalue weighted by molar-refractivity contribution is -0.137. The van der Waals surface area contributed by atoms with E-state index >= 15 is 0 Å². The van der Waals surface area contributed by atoms with Crippen LogP contribution in [0.15, 0.2) is 30.3 Å². The molecular weight excluding hydrogens is 399 g/mol. The summed E-state index contributed by atoms with van der Waals surface area (Å²) in [5, 5.41) is 3.97. The predicted octanol–water partition coefficient (Wildman–Crippen LogP) is 5.36. The maximum Gasteiger partial charge on any atom is 0.416 e. The molecule has 2 aromatic carbocycles. The first kappa shape index (κ1) is 20.0. The van der Waals surface area contributed by atoms with Crippen molar-refractivity contribution in [2.75, 3.05) is 10.6 Å². The minimum Gasteiger partial charge on any atom is -0.325 e. The first-order valence-electron chi connectivity index (χ1n) is 6.93. The molecule has 0 fully saturated rings. The maximum absolute atomic E-state index is 13.6. The topological polar surface area (TPSA) is 58.2 Å². The van der Waals surface area contributed by atoms with E-state index in [-0.39, 0.29) is 27.0 Å². The van der Waals surface area contributed by atoms with E-state index in [4.69, 9.17) is 23.2 Å². The van der Waals surface area contributed by atoms with Crippen LogP contribution in [0.3, 0.4) is 0 Å². The van der Waals surface area contributed by atoms with Crippen LogP contribution in [0.4, 0.5) is 28.9 Å². The lowest BCUT2D eigenvalue weighted by atomic mass is 10.1. The minimum atomic E-state index is -4.67. The van der Waals surface area contributed by atoms with E-state index in [2.05, 4.69) is 10.6 Å². The highest BCUT2D eigenvalue weighted by atomic mass is 35.5. The van der Waals surface area contributed by atoms with Gasteiger partial charge in [0.25, 0.3) is 5.91 Å². The second-order valence-corrected chi connectivity index (χ2v) is 5.95. The fourth-order valence-electron chi connectivity index (χ4n) is 2.01. The van der Waals surface area contributed by atoms with Crippen molar-refractivity contribution in [3.8, 4) is 0 Å². The highest BCUT2D eigenvalue weighted by Crippen LogP contribution is 2.34. The van der Waals surface area contributed by atoms with E-state index in [1.165, 1.54) is 0 Å². The number of hydrogen-bond acceptors (Lipinski definition) is 2. The summed E-state index contributed by atoms with van der Waals surface area (Å²) >= 11 is 11.4. The predicted molar refractivity (Wildman–Crippen MR) is 90.1 cm³/mol. The van der Waals surface area contributed by atoms with Crippen LogP contribution in [0.2, 0.25) is 10.0 Å². The van der Waals surface area contributed by atoms with Crippen molar-refractivity contribution >= 4 is 46.4 Å². The van der Waals surface area contributed by atoms with E-state index in [0.717, 1.165) is 31.2 Å². The van der Waals surface area contributed by atoms with Gasteiger partial charge in [0.1, 0.15) is 5.82 Å². The molecular formula is C16H10Cl2F4N2O2. The Kier molecular flexibility index (Phi) is 5.77. The molecule has 0 aliphatic carbocycles. The summed E-state index contributed by atoms with van der Waals surface area (Å²) in [4.78, 5) is 23.5. The van der Waals surface area contributed by atoms with Crippen molar-refractivity contribution < 1.29 is 27.2 Å². The van der Waals surface area contributed by atoms with E-state index in [1.54, 1.807) is 0 Å². The van der Waals surface area contributed by atoms with Gasteiger partial charge in [0.05, 0.1) is 32.5 Å². The number of nitrogens with one attached hydrogen (secondary N) is 2. The van der Waals surface area contributed by atoms with Gasteiger partial charge in [-0.1, -0.05) is 23.2 Å². The molecule has 0 spiro atoms. The van der Waals surface area contributed by atoms with Crippen LogP contribution >= 0.6 is 23.2 Å². The van der Waals surface area contributed by atoms with E-state index in [9.17, 15) is 27.2 Å². The van der Waals surface area contributed by atoms with Crippen LogP contribution in [-0.4, -0.2) is 11.8 Å². The summed E-state index contributed by atoms with van der Waals surface area (Å²) in [6.45, 7) is 1.15. The number of hydrogen-bond donors (Lipinski definition) is 2. The molecule has 2 amide bonds. The van der Waals surface area contributed by atoms with Gasteiger partial charge >= 0.3 is 6.18 Å². The molecule has 2 aromatic rings. The lowest BCUT2D eigenvalue weighted by Gasteiger charge is -2.15. The molecule has 2 N–H and O–H groups in total. The van der Waals surface area contributed by atoms with Gasteiger partial charge < -0.3 is 10.6 Å². The second kappa shape index (κ2) is 7.51. The Bertz CT molecular complexity index is 885. The summed E-state index contributed by atoms with van der Waals surface area (Å²) in [5.41, 5.74) is -1.77. The molecule has 0 aliphatic rings. The zero-order valence-electron chi connectivity index (χ0n) is 13.0. The molecule has 138 valence electrons. The van der Waals surface area contributed by atoms with Gasteiger partial charge in [-0.25, -0.2) is 4.39 Å². The van der Waals surface area contributed by atoms with Crippen molar-refractivity contribution in [3.05, 3.63) is 57.3 Å². The lowest BCUT2D eigenvalue weighted by Crippen LogP contribution is -2.17. The van der Waals surface area contributed by atoms with Crippen molar-refractivity contribution in [2.45, 2.75) is 13.1 Å². The molecule has 0 bridgehead atoms. The minimum absolute atomic E-state index is 0.0654. The Morgan fingerprint density at radius 3 is 2.19 bits per heavy atom. The fraction of sp³-hybridized carbons (Fsp3) is 0.125. The average molecular weight is 409 g/mol. The molecule has 0 aliphatic heterocycles. The van der Waals surface area contributed by atoms with Gasteiger partial charge in [0, 0.05) is 6.92 Å². The van der Waals surface area contributed by atoms with Crippen LogP contribution in [0, 0.1) is 5.82 Å². The number of amides is 2. The molecule has 0 heterocycles. The van der Waals surface area contributed by atoms with Crippen LogP contribution in [-0.2, 0) is 11.0 Å².